The monoisotopic (exact) mass is 349 g/mol. The van der Waals surface area contributed by atoms with E-state index in [9.17, 15) is 5.26 Å². The van der Waals surface area contributed by atoms with E-state index in [2.05, 4.69) is 58.7 Å². The molecule has 1 fully saturated rings. The Morgan fingerprint density at radius 2 is 2.08 bits per heavy atom. The number of nitrogens with one attached hydrogen (secondary N) is 2. The predicted octanol–water partition coefficient (Wildman–Crippen LogP) is 3.25. The predicted molar refractivity (Wildman–Crippen MR) is 104 cm³/mol. The Balaban J connectivity index is 1.65. The highest BCUT2D eigenvalue weighted by Crippen LogP contribution is 2.21. The van der Waals surface area contributed by atoms with Crippen LogP contribution in [0.1, 0.15) is 48.3 Å². The zero-order chi connectivity index (χ0) is 18.4. The quantitative estimate of drug-likeness (QED) is 0.783. The second-order valence-corrected chi connectivity index (χ2v) is 7.04. The summed E-state index contributed by atoms with van der Waals surface area (Å²) in [5.41, 5.74) is 5.29. The SMILES string of the molecule is Cc1ccc(-c2cc(CCCNC3CCCCN3)nc(C#N)n2)cc1C. The van der Waals surface area contributed by atoms with Crippen molar-refractivity contribution in [2.45, 2.75) is 52.1 Å². The first-order valence-electron chi connectivity index (χ1n) is 9.48. The zero-order valence-corrected chi connectivity index (χ0v) is 15.7. The van der Waals surface area contributed by atoms with Crippen LogP contribution in [0, 0.1) is 25.2 Å². The first-order chi connectivity index (χ1) is 12.7. The Kier molecular flexibility index (Phi) is 6.32. The van der Waals surface area contributed by atoms with Crippen molar-refractivity contribution in [3.8, 4) is 17.3 Å². The van der Waals surface area contributed by atoms with Crippen molar-refractivity contribution in [3.05, 3.63) is 46.9 Å². The molecule has 1 aliphatic heterocycles. The third kappa shape index (κ3) is 4.87. The maximum Gasteiger partial charge on any atom is 0.232 e. The summed E-state index contributed by atoms with van der Waals surface area (Å²) in [6.45, 7) is 6.24. The minimum atomic E-state index is 0.248. The van der Waals surface area contributed by atoms with Crippen LogP contribution in [0.5, 0.6) is 0 Å². The van der Waals surface area contributed by atoms with Gasteiger partial charge in [-0.1, -0.05) is 12.1 Å². The molecule has 1 aromatic carbocycles. The second kappa shape index (κ2) is 8.88. The van der Waals surface area contributed by atoms with E-state index in [4.69, 9.17) is 0 Å². The largest absolute Gasteiger partial charge is 0.302 e. The van der Waals surface area contributed by atoms with Crippen molar-refractivity contribution in [1.29, 1.82) is 5.26 Å². The van der Waals surface area contributed by atoms with Crippen molar-refractivity contribution >= 4 is 0 Å². The molecule has 0 spiro atoms. The number of hydrogen-bond donors (Lipinski definition) is 2. The van der Waals surface area contributed by atoms with Crippen LogP contribution in [0.25, 0.3) is 11.3 Å². The lowest BCUT2D eigenvalue weighted by Crippen LogP contribution is -2.45. The van der Waals surface area contributed by atoms with Gasteiger partial charge in [0.05, 0.1) is 11.9 Å². The van der Waals surface area contributed by atoms with Gasteiger partial charge in [-0.05, 0) is 82.3 Å². The molecule has 3 rings (SSSR count). The van der Waals surface area contributed by atoms with Crippen LogP contribution in [0.4, 0.5) is 0 Å². The molecule has 1 aliphatic rings. The highest BCUT2D eigenvalue weighted by molar-refractivity contribution is 5.61. The molecule has 5 nitrogen and oxygen atoms in total. The van der Waals surface area contributed by atoms with Gasteiger partial charge in [-0.3, -0.25) is 0 Å². The maximum atomic E-state index is 9.28. The van der Waals surface area contributed by atoms with E-state index in [1.807, 2.05) is 6.07 Å². The molecule has 0 aliphatic carbocycles. The molecule has 0 saturated carbocycles. The minimum Gasteiger partial charge on any atom is -0.302 e. The molecule has 0 amide bonds. The number of piperidine rings is 1. The molecule has 5 heteroatoms. The molecule has 0 radical (unpaired) electrons. The molecule has 1 atom stereocenters. The Bertz CT molecular complexity index is 787. The summed E-state index contributed by atoms with van der Waals surface area (Å²) in [6, 6.07) is 10.4. The van der Waals surface area contributed by atoms with Gasteiger partial charge in [0.25, 0.3) is 0 Å². The first-order valence-corrected chi connectivity index (χ1v) is 9.48. The number of hydrogen-bond acceptors (Lipinski definition) is 5. The molecule has 1 aromatic heterocycles. The average Bonchev–Trinajstić information content (AvgIpc) is 2.68. The Hall–Kier alpha value is -2.29. The number of nitriles is 1. The number of rotatable bonds is 6. The molecule has 1 unspecified atom stereocenters. The smallest absolute Gasteiger partial charge is 0.232 e. The molecular formula is C21H27N5. The van der Waals surface area contributed by atoms with Crippen molar-refractivity contribution in [3.63, 3.8) is 0 Å². The highest BCUT2D eigenvalue weighted by Gasteiger charge is 2.11. The zero-order valence-electron chi connectivity index (χ0n) is 15.7. The fourth-order valence-corrected chi connectivity index (χ4v) is 3.30. The van der Waals surface area contributed by atoms with Crippen molar-refractivity contribution in [2.75, 3.05) is 13.1 Å². The highest BCUT2D eigenvalue weighted by atomic mass is 15.1. The van der Waals surface area contributed by atoms with Gasteiger partial charge in [-0.25, -0.2) is 9.97 Å². The standard InChI is InChI=1S/C21H27N5/c1-15-8-9-17(12-16(15)2)19-13-18(25-21(14-22)26-19)6-5-11-24-20-7-3-4-10-23-20/h8-9,12-13,20,23-24H,3-7,10-11H2,1-2H3. The molecule has 2 aromatic rings. The fraction of sp³-hybridized carbons (Fsp3) is 0.476. The van der Waals surface area contributed by atoms with Crippen molar-refractivity contribution in [2.24, 2.45) is 0 Å². The summed E-state index contributed by atoms with van der Waals surface area (Å²) in [5, 5.41) is 16.3. The van der Waals surface area contributed by atoms with E-state index in [0.717, 1.165) is 42.9 Å². The normalized spacial score (nSPS) is 17.0. The number of aryl methyl sites for hydroxylation is 3. The van der Waals surface area contributed by atoms with E-state index in [-0.39, 0.29) is 5.82 Å². The summed E-state index contributed by atoms with van der Waals surface area (Å²) in [5.74, 6) is 0.248. The summed E-state index contributed by atoms with van der Waals surface area (Å²) in [6.07, 6.45) is 6.04. The molecule has 0 bridgehead atoms. The maximum absolute atomic E-state index is 9.28. The van der Waals surface area contributed by atoms with Crippen molar-refractivity contribution < 1.29 is 0 Å². The molecule has 2 N–H and O–H groups in total. The van der Waals surface area contributed by atoms with E-state index in [1.165, 1.54) is 30.4 Å². The van der Waals surface area contributed by atoms with Gasteiger partial charge in [0, 0.05) is 11.3 Å². The molecule has 136 valence electrons. The van der Waals surface area contributed by atoms with Gasteiger partial charge in [0.15, 0.2) is 0 Å². The summed E-state index contributed by atoms with van der Waals surface area (Å²) >= 11 is 0. The number of benzene rings is 1. The Morgan fingerprint density at radius 3 is 2.81 bits per heavy atom. The van der Waals surface area contributed by atoms with E-state index in [1.54, 1.807) is 0 Å². The van der Waals surface area contributed by atoms with Gasteiger partial charge in [-0.2, -0.15) is 5.26 Å². The van der Waals surface area contributed by atoms with Gasteiger partial charge in [-0.15, -0.1) is 0 Å². The topological polar surface area (TPSA) is 73.6 Å². The molecule has 2 heterocycles. The van der Waals surface area contributed by atoms with Gasteiger partial charge in [0.2, 0.25) is 5.82 Å². The van der Waals surface area contributed by atoms with Crippen LogP contribution in [0.15, 0.2) is 24.3 Å². The molecular weight excluding hydrogens is 322 g/mol. The van der Waals surface area contributed by atoms with Gasteiger partial charge in [0.1, 0.15) is 6.07 Å². The third-order valence-corrected chi connectivity index (χ3v) is 4.99. The van der Waals surface area contributed by atoms with Crippen LogP contribution in [0.3, 0.4) is 0 Å². The van der Waals surface area contributed by atoms with Gasteiger partial charge < -0.3 is 10.6 Å². The average molecular weight is 349 g/mol. The summed E-state index contributed by atoms with van der Waals surface area (Å²) < 4.78 is 0. The van der Waals surface area contributed by atoms with E-state index in [0.29, 0.717) is 6.17 Å². The minimum absolute atomic E-state index is 0.248. The van der Waals surface area contributed by atoms with E-state index < -0.39 is 0 Å². The van der Waals surface area contributed by atoms with E-state index >= 15 is 0 Å². The molecule has 1 saturated heterocycles. The lowest BCUT2D eigenvalue weighted by molar-refractivity contribution is 0.343. The third-order valence-electron chi connectivity index (χ3n) is 4.99. The second-order valence-electron chi connectivity index (χ2n) is 7.04. The Labute approximate surface area is 155 Å². The number of nitrogens with zero attached hydrogens (tertiary/aromatic N) is 3. The Morgan fingerprint density at radius 1 is 1.19 bits per heavy atom. The molecule has 26 heavy (non-hydrogen) atoms. The van der Waals surface area contributed by atoms with Crippen LogP contribution in [-0.4, -0.2) is 29.2 Å². The van der Waals surface area contributed by atoms with Crippen LogP contribution >= 0.6 is 0 Å². The fourth-order valence-electron chi connectivity index (χ4n) is 3.30. The van der Waals surface area contributed by atoms with Crippen LogP contribution in [0.2, 0.25) is 0 Å². The lowest BCUT2D eigenvalue weighted by atomic mass is 10.0. The number of aromatic nitrogens is 2. The first kappa shape index (κ1) is 18.5. The van der Waals surface area contributed by atoms with Gasteiger partial charge >= 0.3 is 0 Å². The summed E-state index contributed by atoms with van der Waals surface area (Å²) in [7, 11) is 0. The lowest BCUT2D eigenvalue weighted by Gasteiger charge is -2.24. The van der Waals surface area contributed by atoms with Crippen molar-refractivity contribution in [1.82, 2.24) is 20.6 Å². The van der Waals surface area contributed by atoms with Crippen LogP contribution < -0.4 is 10.6 Å². The van der Waals surface area contributed by atoms with Crippen LogP contribution in [-0.2, 0) is 6.42 Å². The summed E-state index contributed by atoms with van der Waals surface area (Å²) in [4.78, 5) is 8.78.